The summed E-state index contributed by atoms with van der Waals surface area (Å²) in [6.45, 7) is 11.9. The monoisotopic (exact) mass is 220 g/mol. The van der Waals surface area contributed by atoms with E-state index in [9.17, 15) is 0 Å². The third kappa shape index (κ3) is 6.93. The van der Waals surface area contributed by atoms with Gasteiger partial charge < -0.3 is 0 Å². The van der Waals surface area contributed by atoms with Gasteiger partial charge in [0, 0.05) is 12.4 Å². The topological polar surface area (TPSA) is 25.8 Å². The van der Waals surface area contributed by atoms with Crippen LogP contribution in [0.1, 0.15) is 41.5 Å². The van der Waals surface area contributed by atoms with Crippen molar-refractivity contribution >= 4 is 12.2 Å². The summed E-state index contributed by atoms with van der Waals surface area (Å²) in [6, 6.07) is 0. The van der Waals surface area contributed by atoms with Crippen LogP contribution >= 0.6 is 0 Å². The largest absolute Gasteiger partial charge is 0.253 e. The second kappa shape index (κ2) is 13.6. The van der Waals surface area contributed by atoms with Gasteiger partial charge in [-0.05, 0) is 19.9 Å². The van der Waals surface area contributed by atoms with Crippen LogP contribution in [0.4, 0.5) is 0 Å². The first-order valence-corrected chi connectivity index (χ1v) is 5.95. The average molecular weight is 220 g/mol. The zero-order valence-corrected chi connectivity index (χ0v) is 11.4. The van der Waals surface area contributed by atoms with Crippen LogP contribution in [0.5, 0.6) is 0 Å². The zero-order valence-electron chi connectivity index (χ0n) is 11.4. The molecule has 0 saturated heterocycles. The molecular weight excluding hydrogens is 196 g/mol. The quantitative estimate of drug-likeness (QED) is 0.727. The first-order chi connectivity index (χ1) is 7.88. The minimum Gasteiger partial charge on any atom is -0.253 e. The van der Waals surface area contributed by atoms with E-state index in [-0.39, 0.29) is 0 Å². The third-order valence-corrected chi connectivity index (χ3v) is 1.48. The molecule has 0 spiro atoms. The van der Waals surface area contributed by atoms with Crippen LogP contribution < -0.4 is 10.7 Å². The van der Waals surface area contributed by atoms with Crippen LogP contribution in [-0.4, -0.2) is 9.97 Å². The fourth-order valence-corrected chi connectivity index (χ4v) is 0.898. The number of hydrogen-bond donors (Lipinski definition) is 0. The van der Waals surface area contributed by atoms with Crippen LogP contribution in [-0.2, 0) is 0 Å². The van der Waals surface area contributed by atoms with Gasteiger partial charge in [-0.1, -0.05) is 45.9 Å². The van der Waals surface area contributed by atoms with E-state index in [1.165, 1.54) is 0 Å². The molecule has 16 heavy (non-hydrogen) atoms. The molecule has 90 valence electrons. The minimum absolute atomic E-state index is 0.915. The van der Waals surface area contributed by atoms with E-state index in [2.05, 4.69) is 9.97 Å². The lowest BCUT2D eigenvalue weighted by Gasteiger charge is -1.85. The van der Waals surface area contributed by atoms with Crippen LogP contribution in [0.3, 0.4) is 0 Å². The molecule has 2 heteroatoms. The molecule has 0 aromatic carbocycles. The van der Waals surface area contributed by atoms with Crippen molar-refractivity contribution in [2.45, 2.75) is 41.5 Å². The van der Waals surface area contributed by atoms with Crippen molar-refractivity contribution in [1.29, 1.82) is 0 Å². The van der Waals surface area contributed by atoms with Gasteiger partial charge in [0.25, 0.3) is 0 Å². The molecule has 1 rings (SSSR count). The minimum atomic E-state index is 0.915. The van der Waals surface area contributed by atoms with E-state index < -0.39 is 0 Å². The Morgan fingerprint density at radius 3 is 1.81 bits per heavy atom. The van der Waals surface area contributed by atoms with E-state index in [4.69, 9.17) is 0 Å². The van der Waals surface area contributed by atoms with Crippen molar-refractivity contribution < 1.29 is 0 Å². The molecule has 0 aliphatic carbocycles. The predicted molar refractivity (Wildman–Crippen MR) is 73.4 cm³/mol. The second-order valence-corrected chi connectivity index (χ2v) is 2.31. The Morgan fingerprint density at radius 1 is 0.875 bits per heavy atom. The molecule has 0 radical (unpaired) electrons. The maximum Gasteiger partial charge on any atom is 0.0883 e. The second-order valence-electron chi connectivity index (χ2n) is 2.31. The molecule has 0 atom stereocenters. The van der Waals surface area contributed by atoms with Crippen LogP contribution in [0.25, 0.3) is 12.2 Å². The summed E-state index contributed by atoms with van der Waals surface area (Å²) in [6.07, 6.45) is 11.2. The summed E-state index contributed by atoms with van der Waals surface area (Å²) in [5.41, 5.74) is 0. The van der Waals surface area contributed by atoms with Crippen molar-refractivity contribution in [3.8, 4) is 0 Å². The maximum atomic E-state index is 4.19. The van der Waals surface area contributed by atoms with E-state index in [0.717, 1.165) is 10.7 Å². The fraction of sp³-hybridized carbons (Fsp3) is 0.429. The highest BCUT2D eigenvalue weighted by atomic mass is 14.7. The summed E-state index contributed by atoms with van der Waals surface area (Å²) in [4.78, 5) is 8.35. The average Bonchev–Trinajstić information content (AvgIpc) is 2.41. The molecule has 0 saturated carbocycles. The molecule has 1 aromatic heterocycles. The van der Waals surface area contributed by atoms with Crippen LogP contribution in [0, 0.1) is 0 Å². The van der Waals surface area contributed by atoms with Crippen LogP contribution in [0.15, 0.2) is 24.5 Å². The number of aromatic nitrogens is 2. The summed E-state index contributed by atoms with van der Waals surface area (Å²) in [7, 11) is 0. The lowest BCUT2D eigenvalue weighted by molar-refractivity contribution is 1.09. The molecule has 0 fully saturated rings. The van der Waals surface area contributed by atoms with Gasteiger partial charge >= 0.3 is 0 Å². The van der Waals surface area contributed by atoms with Gasteiger partial charge in [0.05, 0.1) is 10.7 Å². The van der Waals surface area contributed by atoms with Gasteiger partial charge in [0.15, 0.2) is 0 Å². The number of allylic oxidation sites excluding steroid dienone is 2. The highest BCUT2D eigenvalue weighted by Crippen LogP contribution is 1.69. The predicted octanol–water partition coefficient (Wildman–Crippen LogP) is 2.69. The van der Waals surface area contributed by atoms with Gasteiger partial charge in [-0.3, -0.25) is 9.97 Å². The normalized spacial score (nSPS) is 11.6. The lowest BCUT2D eigenvalue weighted by atomic mass is 10.4. The van der Waals surface area contributed by atoms with E-state index in [1.807, 2.05) is 65.8 Å². The fourth-order valence-electron chi connectivity index (χ4n) is 0.898. The molecule has 0 N–H and O–H groups in total. The van der Waals surface area contributed by atoms with Crippen LogP contribution in [0.2, 0.25) is 0 Å². The summed E-state index contributed by atoms with van der Waals surface area (Å²) in [5, 5.41) is 1.84. The van der Waals surface area contributed by atoms with Gasteiger partial charge in [-0.2, -0.15) is 0 Å². The number of hydrogen-bond acceptors (Lipinski definition) is 2. The summed E-state index contributed by atoms with van der Waals surface area (Å²) in [5.74, 6) is 0. The van der Waals surface area contributed by atoms with Gasteiger partial charge in [0.1, 0.15) is 0 Å². The lowest BCUT2D eigenvalue weighted by Crippen LogP contribution is -2.29. The summed E-state index contributed by atoms with van der Waals surface area (Å²) >= 11 is 0. The molecule has 0 unspecified atom stereocenters. The Morgan fingerprint density at radius 2 is 1.38 bits per heavy atom. The van der Waals surface area contributed by atoms with E-state index in [0.29, 0.717) is 0 Å². The Kier molecular flexibility index (Phi) is 14.4. The molecule has 0 aliphatic rings. The molecule has 0 amide bonds. The summed E-state index contributed by atoms with van der Waals surface area (Å²) < 4.78 is 0. The van der Waals surface area contributed by atoms with Crippen molar-refractivity contribution in [3.63, 3.8) is 0 Å². The first-order valence-electron chi connectivity index (χ1n) is 5.95. The SMILES string of the molecule is CC.CC.C\C=C/C=c1/nccn/c1=C/C. The highest BCUT2D eigenvalue weighted by Gasteiger charge is 1.81. The van der Waals surface area contributed by atoms with E-state index >= 15 is 0 Å². The molecule has 1 heterocycles. The van der Waals surface area contributed by atoms with Crippen molar-refractivity contribution in [1.82, 2.24) is 9.97 Å². The maximum absolute atomic E-state index is 4.19. The third-order valence-electron chi connectivity index (χ3n) is 1.48. The first kappa shape index (κ1) is 17.0. The number of nitrogens with zero attached hydrogens (tertiary/aromatic N) is 2. The zero-order chi connectivity index (χ0) is 12.8. The van der Waals surface area contributed by atoms with Gasteiger partial charge in [-0.15, -0.1) is 0 Å². The Bertz CT molecular complexity index is 378. The molecule has 2 nitrogen and oxygen atoms in total. The standard InChI is InChI=1S/C10H12N2.2C2H6/c1-3-5-6-10-9(4-2)11-7-8-12-10;2*1-2/h3-8H,1-2H3;2*1-2H3/b5-3-,9-4+,10-6+;;. The molecule has 0 bridgehead atoms. The van der Waals surface area contributed by atoms with Gasteiger partial charge in [0.2, 0.25) is 0 Å². The molecule has 0 aliphatic heterocycles. The Hall–Kier alpha value is -1.44. The van der Waals surface area contributed by atoms with E-state index in [1.54, 1.807) is 12.4 Å². The van der Waals surface area contributed by atoms with Crippen molar-refractivity contribution in [2.75, 3.05) is 0 Å². The van der Waals surface area contributed by atoms with Gasteiger partial charge in [-0.25, -0.2) is 0 Å². The highest BCUT2D eigenvalue weighted by molar-refractivity contribution is 5.34. The molecular formula is C14H24N2. The smallest absolute Gasteiger partial charge is 0.0883 e. The van der Waals surface area contributed by atoms with Crippen molar-refractivity contribution in [3.05, 3.63) is 35.2 Å². The molecule has 1 aromatic rings. The van der Waals surface area contributed by atoms with Crippen molar-refractivity contribution in [2.24, 2.45) is 0 Å². The Labute approximate surface area is 99.5 Å². The Balaban J connectivity index is 0. The number of rotatable bonds is 1.